The highest BCUT2D eigenvalue weighted by Crippen LogP contribution is 2.25. The molecule has 4 heteroatoms. The van der Waals surface area contributed by atoms with Crippen molar-refractivity contribution in [3.8, 4) is 11.3 Å². The van der Waals surface area contributed by atoms with E-state index in [-0.39, 0.29) is 0 Å². The molecule has 84 valence electrons. The lowest BCUT2D eigenvalue weighted by Gasteiger charge is -2.02. The lowest BCUT2D eigenvalue weighted by Crippen LogP contribution is -2.04. The Hall–Kier alpha value is -1.32. The zero-order chi connectivity index (χ0) is 11.5. The number of halogens is 1. The van der Waals surface area contributed by atoms with Gasteiger partial charge in [-0.1, -0.05) is 23.7 Å². The van der Waals surface area contributed by atoms with Crippen LogP contribution >= 0.6 is 11.6 Å². The Labute approximate surface area is 99.6 Å². The number of aryl methyl sites for hydroxylation is 1. The van der Waals surface area contributed by atoms with Crippen LogP contribution in [0.4, 0.5) is 0 Å². The van der Waals surface area contributed by atoms with Crippen molar-refractivity contribution in [1.29, 1.82) is 0 Å². The SMILES string of the molecule is Cc1[nH]nc(-c2ccc(Cl)cc2)c1CCN. The van der Waals surface area contributed by atoms with Crippen LogP contribution in [0.15, 0.2) is 24.3 Å². The number of hydrogen-bond donors (Lipinski definition) is 2. The largest absolute Gasteiger partial charge is 0.330 e. The molecule has 0 spiro atoms. The number of nitrogens with one attached hydrogen (secondary N) is 1. The summed E-state index contributed by atoms with van der Waals surface area (Å²) in [5.41, 5.74) is 9.90. The third kappa shape index (κ3) is 2.10. The zero-order valence-electron chi connectivity index (χ0n) is 9.13. The third-order valence-electron chi connectivity index (χ3n) is 2.59. The Morgan fingerprint density at radius 3 is 2.62 bits per heavy atom. The molecule has 0 atom stereocenters. The quantitative estimate of drug-likeness (QED) is 0.859. The molecule has 0 bridgehead atoms. The zero-order valence-corrected chi connectivity index (χ0v) is 9.88. The van der Waals surface area contributed by atoms with Gasteiger partial charge in [0.2, 0.25) is 0 Å². The van der Waals surface area contributed by atoms with Gasteiger partial charge in [0.25, 0.3) is 0 Å². The van der Waals surface area contributed by atoms with Gasteiger partial charge in [-0.15, -0.1) is 0 Å². The van der Waals surface area contributed by atoms with Gasteiger partial charge >= 0.3 is 0 Å². The van der Waals surface area contributed by atoms with Crippen molar-refractivity contribution in [2.24, 2.45) is 5.73 Å². The van der Waals surface area contributed by atoms with Crippen LogP contribution in [0.25, 0.3) is 11.3 Å². The van der Waals surface area contributed by atoms with Gasteiger partial charge in [0, 0.05) is 21.8 Å². The molecule has 0 aliphatic carbocycles. The van der Waals surface area contributed by atoms with Crippen molar-refractivity contribution in [3.05, 3.63) is 40.5 Å². The highest BCUT2D eigenvalue weighted by atomic mass is 35.5. The minimum atomic E-state index is 0.626. The van der Waals surface area contributed by atoms with E-state index in [0.29, 0.717) is 6.54 Å². The van der Waals surface area contributed by atoms with Gasteiger partial charge < -0.3 is 5.73 Å². The fourth-order valence-corrected chi connectivity index (χ4v) is 1.88. The molecule has 3 nitrogen and oxygen atoms in total. The Balaban J connectivity index is 2.43. The molecule has 0 aliphatic heterocycles. The van der Waals surface area contributed by atoms with E-state index in [4.69, 9.17) is 17.3 Å². The average molecular weight is 236 g/mol. The minimum absolute atomic E-state index is 0.626. The van der Waals surface area contributed by atoms with E-state index in [1.54, 1.807) is 0 Å². The van der Waals surface area contributed by atoms with E-state index in [0.717, 1.165) is 28.4 Å². The summed E-state index contributed by atoms with van der Waals surface area (Å²) in [5.74, 6) is 0. The van der Waals surface area contributed by atoms with Gasteiger partial charge in [0.1, 0.15) is 0 Å². The molecule has 1 aromatic heterocycles. The second-order valence-corrected chi connectivity index (χ2v) is 4.16. The first-order valence-corrected chi connectivity index (χ1v) is 5.60. The first-order valence-electron chi connectivity index (χ1n) is 5.22. The van der Waals surface area contributed by atoms with E-state index < -0.39 is 0 Å². The topological polar surface area (TPSA) is 54.7 Å². The van der Waals surface area contributed by atoms with Crippen LogP contribution < -0.4 is 5.73 Å². The molecule has 0 saturated carbocycles. The molecule has 2 aromatic rings. The van der Waals surface area contributed by atoms with Crippen molar-refractivity contribution in [2.45, 2.75) is 13.3 Å². The van der Waals surface area contributed by atoms with E-state index in [1.165, 1.54) is 5.56 Å². The maximum absolute atomic E-state index is 5.86. The minimum Gasteiger partial charge on any atom is -0.330 e. The molecule has 0 saturated heterocycles. The molecule has 16 heavy (non-hydrogen) atoms. The first kappa shape index (κ1) is 11.2. The highest BCUT2D eigenvalue weighted by molar-refractivity contribution is 6.30. The maximum atomic E-state index is 5.86. The summed E-state index contributed by atoms with van der Waals surface area (Å²) < 4.78 is 0. The molecule has 0 unspecified atom stereocenters. The molecule has 0 fully saturated rings. The van der Waals surface area contributed by atoms with Crippen LogP contribution in [0.2, 0.25) is 5.02 Å². The lowest BCUT2D eigenvalue weighted by molar-refractivity contribution is 0.957. The van der Waals surface area contributed by atoms with E-state index >= 15 is 0 Å². The van der Waals surface area contributed by atoms with E-state index in [9.17, 15) is 0 Å². The number of hydrogen-bond acceptors (Lipinski definition) is 2. The third-order valence-corrected chi connectivity index (χ3v) is 2.84. The van der Waals surface area contributed by atoms with Gasteiger partial charge in [-0.05, 0) is 32.0 Å². The van der Waals surface area contributed by atoms with Crippen molar-refractivity contribution in [1.82, 2.24) is 10.2 Å². The molecule has 0 radical (unpaired) electrons. The van der Waals surface area contributed by atoms with Crippen molar-refractivity contribution >= 4 is 11.6 Å². The summed E-state index contributed by atoms with van der Waals surface area (Å²) in [6.07, 6.45) is 0.834. The van der Waals surface area contributed by atoms with Gasteiger partial charge in [0.05, 0.1) is 5.69 Å². The summed E-state index contributed by atoms with van der Waals surface area (Å²) in [4.78, 5) is 0. The summed E-state index contributed by atoms with van der Waals surface area (Å²) in [6, 6.07) is 7.68. The van der Waals surface area contributed by atoms with Crippen LogP contribution in [0.1, 0.15) is 11.3 Å². The number of H-pyrrole nitrogens is 1. The number of aromatic nitrogens is 2. The van der Waals surface area contributed by atoms with Crippen LogP contribution in [0.5, 0.6) is 0 Å². The second kappa shape index (κ2) is 4.68. The highest BCUT2D eigenvalue weighted by Gasteiger charge is 2.10. The lowest BCUT2D eigenvalue weighted by atomic mass is 10.0. The average Bonchev–Trinajstić information content (AvgIpc) is 2.63. The Morgan fingerprint density at radius 1 is 1.31 bits per heavy atom. The maximum Gasteiger partial charge on any atom is 0.0955 e. The molecule has 0 amide bonds. The van der Waals surface area contributed by atoms with Crippen LogP contribution in [0.3, 0.4) is 0 Å². The van der Waals surface area contributed by atoms with Gasteiger partial charge in [-0.3, -0.25) is 5.10 Å². The molecular weight excluding hydrogens is 222 g/mol. The molecular formula is C12H14ClN3. The normalized spacial score (nSPS) is 10.7. The fourth-order valence-electron chi connectivity index (χ4n) is 1.75. The predicted molar refractivity (Wildman–Crippen MR) is 66.5 cm³/mol. The molecule has 1 heterocycles. The summed E-state index contributed by atoms with van der Waals surface area (Å²) in [5, 5.41) is 8.04. The standard InChI is InChI=1S/C12H14ClN3/c1-8-11(6-7-14)12(16-15-8)9-2-4-10(13)5-3-9/h2-5H,6-7,14H2,1H3,(H,15,16). The summed E-state index contributed by atoms with van der Waals surface area (Å²) in [6.45, 7) is 2.64. The summed E-state index contributed by atoms with van der Waals surface area (Å²) in [7, 11) is 0. The first-order chi connectivity index (χ1) is 7.72. The van der Waals surface area contributed by atoms with Gasteiger partial charge in [-0.2, -0.15) is 5.10 Å². The Kier molecular flexibility index (Phi) is 3.27. The number of rotatable bonds is 3. The molecule has 0 aliphatic rings. The molecule has 2 rings (SSSR count). The number of nitrogens with two attached hydrogens (primary N) is 1. The predicted octanol–water partition coefficient (Wildman–Crippen LogP) is 2.54. The summed E-state index contributed by atoms with van der Waals surface area (Å²) >= 11 is 5.86. The molecule has 3 N–H and O–H groups in total. The van der Waals surface area contributed by atoms with Gasteiger partial charge in [0.15, 0.2) is 0 Å². The number of aromatic amines is 1. The fraction of sp³-hybridized carbons (Fsp3) is 0.250. The van der Waals surface area contributed by atoms with Crippen molar-refractivity contribution < 1.29 is 0 Å². The molecule has 1 aromatic carbocycles. The monoisotopic (exact) mass is 235 g/mol. The Bertz CT molecular complexity index is 474. The van der Waals surface area contributed by atoms with Crippen LogP contribution in [0, 0.1) is 6.92 Å². The van der Waals surface area contributed by atoms with Crippen molar-refractivity contribution in [3.63, 3.8) is 0 Å². The smallest absolute Gasteiger partial charge is 0.0955 e. The van der Waals surface area contributed by atoms with Gasteiger partial charge in [-0.25, -0.2) is 0 Å². The number of benzene rings is 1. The Morgan fingerprint density at radius 2 is 2.00 bits per heavy atom. The van der Waals surface area contributed by atoms with Crippen molar-refractivity contribution in [2.75, 3.05) is 6.54 Å². The van der Waals surface area contributed by atoms with Crippen LogP contribution in [-0.4, -0.2) is 16.7 Å². The second-order valence-electron chi connectivity index (χ2n) is 3.72. The van der Waals surface area contributed by atoms with E-state index in [2.05, 4.69) is 10.2 Å². The number of nitrogens with zero attached hydrogens (tertiary/aromatic N) is 1. The van der Waals surface area contributed by atoms with E-state index in [1.807, 2.05) is 31.2 Å². The van der Waals surface area contributed by atoms with Crippen LogP contribution in [-0.2, 0) is 6.42 Å².